The standard InChI is InChI=1S/C9H9BrClF2NO2S/c10-6-4-9(8(13)5-7(6)12)14-17(15,16)3-1-2-11/h4-5,14H,1-3H2. The Kier molecular flexibility index (Phi) is 5.15. The molecule has 0 saturated carbocycles. The predicted molar refractivity (Wildman–Crippen MR) is 66.8 cm³/mol. The average molecular weight is 349 g/mol. The van der Waals surface area contributed by atoms with Crippen LogP contribution in [0, 0.1) is 11.6 Å². The Balaban J connectivity index is 2.92. The molecule has 0 saturated heterocycles. The third-order valence-electron chi connectivity index (χ3n) is 1.82. The van der Waals surface area contributed by atoms with Gasteiger partial charge in [-0.25, -0.2) is 17.2 Å². The van der Waals surface area contributed by atoms with Crippen molar-refractivity contribution in [1.29, 1.82) is 0 Å². The van der Waals surface area contributed by atoms with Crippen LogP contribution in [0.25, 0.3) is 0 Å². The number of nitrogens with one attached hydrogen (secondary N) is 1. The van der Waals surface area contributed by atoms with Gasteiger partial charge in [-0.1, -0.05) is 0 Å². The van der Waals surface area contributed by atoms with Gasteiger partial charge in [-0.3, -0.25) is 4.72 Å². The highest BCUT2D eigenvalue weighted by atomic mass is 79.9. The van der Waals surface area contributed by atoms with Crippen molar-refractivity contribution in [1.82, 2.24) is 0 Å². The Bertz CT molecular complexity index is 510. The molecule has 0 heterocycles. The van der Waals surface area contributed by atoms with Crippen LogP contribution in [-0.4, -0.2) is 20.1 Å². The summed E-state index contributed by atoms with van der Waals surface area (Å²) >= 11 is 8.21. The lowest BCUT2D eigenvalue weighted by Gasteiger charge is -2.09. The molecule has 1 N–H and O–H groups in total. The van der Waals surface area contributed by atoms with E-state index in [0.29, 0.717) is 6.07 Å². The molecule has 0 spiro atoms. The number of anilines is 1. The number of rotatable bonds is 5. The van der Waals surface area contributed by atoms with E-state index in [9.17, 15) is 17.2 Å². The summed E-state index contributed by atoms with van der Waals surface area (Å²) in [7, 11) is -3.67. The average Bonchev–Trinajstić information content (AvgIpc) is 2.23. The van der Waals surface area contributed by atoms with Gasteiger partial charge in [-0.2, -0.15) is 0 Å². The SMILES string of the molecule is O=S(=O)(CCCCl)Nc1cc(Br)c(F)cc1F. The lowest BCUT2D eigenvalue weighted by atomic mass is 10.3. The zero-order chi connectivity index (χ0) is 13.1. The molecule has 1 aromatic carbocycles. The van der Waals surface area contributed by atoms with E-state index in [0.717, 1.165) is 6.07 Å². The van der Waals surface area contributed by atoms with Crippen LogP contribution in [0.3, 0.4) is 0 Å². The van der Waals surface area contributed by atoms with Gasteiger partial charge in [0.05, 0.1) is 15.9 Å². The Morgan fingerprint density at radius 2 is 1.94 bits per heavy atom. The van der Waals surface area contributed by atoms with Crippen LogP contribution >= 0.6 is 27.5 Å². The van der Waals surface area contributed by atoms with E-state index >= 15 is 0 Å². The first-order valence-corrected chi connectivity index (χ1v) is 7.54. The maximum absolute atomic E-state index is 13.3. The normalized spacial score (nSPS) is 11.5. The monoisotopic (exact) mass is 347 g/mol. The van der Waals surface area contributed by atoms with Crippen molar-refractivity contribution < 1.29 is 17.2 Å². The van der Waals surface area contributed by atoms with Gasteiger partial charge in [0.2, 0.25) is 10.0 Å². The first kappa shape index (κ1) is 14.7. The summed E-state index contributed by atoms with van der Waals surface area (Å²) in [6.45, 7) is 0. The minimum absolute atomic E-state index is 0.0195. The molecule has 17 heavy (non-hydrogen) atoms. The number of alkyl halides is 1. The summed E-state index contributed by atoms with van der Waals surface area (Å²) in [5.41, 5.74) is -0.298. The molecule has 96 valence electrons. The highest BCUT2D eigenvalue weighted by Crippen LogP contribution is 2.24. The number of benzene rings is 1. The van der Waals surface area contributed by atoms with Crippen LogP contribution in [-0.2, 0) is 10.0 Å². The maximum Gasteiger partial charge on any atom is 0.232 e. The zero-order valence-corrected chi connectivity index (χ0v) is 11.7. The van der Waals surface area contributed by atoms with E-state index < -0.39 is 21.7 Å². The van der Waals surface area contributed by atoms with Crippen LogP contribution in [0.5, 0.6) is 0 Å². The molecule has 0 unspecified atom stereocenters. The molecule has 0 fully saturated rings. The van der Waals surface area contributed by atoms with Gasteiger partial charge >= 0.3 is 0 Å². The minimum atomic E-state index is -3.67. The van der Waals surface area contributed by atoms with Crippen molar-refractivity contribution in [3.8, 4) is 0 Å². The van der Waals surface area contributed by atoms with Gasteiger partial charge < -0.3 is 0 Å². The van der Waals surface area contributed by atoms with E-state index in [1.165, 1.54) is 0 Å². The van der Waals surface area contributed by atoms with Gasteiger partial charge in [0.15, 0.2) is 0 Å². The Morgan fingerprint density at radius 1 is 1.29 bits per heavy atom. The number of hydrogen-bond acceptors (Lipinski definition) is 2. The molecule has 0 radical (unpaired) electrons. The molecule has 0 aromatic heterocycles. The maximum atomic E-state index is 13.3. The summed E-state index contributed by atoms with van der Waals surface area (Å²) in [6.07, 6.45) is 0.251. The molecule has 8 heteroatoms. The molecule has 0 aliphatic heterocycles. The molecule has 0 atom stereocenters. The van der Waals surface area contributed by atoms with Crippen molar-refractivity contribution in [3.63, 3.8) is 0 Å². The van der Waals surface area contributed by atoms with E-state index in [1.54, 1.807) is 0 Å². The van der Waals surface area contributed by atoms with Gasteiger partial charge in [0.25, 0.3) is 0 Å². The predicted octanol–water partition coefficient (Wildman–Crippen LogP) is 3.10. The minimum Gasteiger partial charge on any atom is -0.281 e. The summed E-state index contributed by atoms with van der Waals surface area (Å²) in [4.78, 5) is 0. The fraction of sp³-hybridized carbons (Fsp3) is 0.333. The first-order valence-electron chi connectivity index (χ1n) is 4.57. The summed E-state index contributed by atoms with van der Waals surface area (Å²) in [5, 5.41) is 0. The van der Waals surface area contributed by atoms with Crippen molar-refractivity contribution in [2.24, 2.45) is 0 Å². The summed E-state index contributed by atoms with van der Waals surface area (Å²) < 4.78 is 51.1. The number of sulfonamides is 1. The molecule has 0 aliphatic rings. The molecule has 0 amide bonds. The van der Waals surface area contributed by atoms with Crippen LogP contribution in [0.15, 0.2) is 16.6 Å². The third-order valence-corrected chi connectivity index (χ3v) is 4.05. The second kappa shape index (κ2) is 5.97. The smallest absolute Gasteiger partial charge is 0.232 e. The van der Waals surface area contributed by atoms with E-state index in [-0.39, 0.29) is 28.2 Å². The lowest BCUT2D eigenvalue weighted by molar-refractivity contribution is 0.579. The van der Waals surface area contributed by atoms with E-state index in [1.807, 2.05) is 4.72 Å². The molecular formula is C9H9BrClF2NO2S. The first-order chi connectivity index (χ1) is 7.85. The molecule has 0 bridgehead atoms. The summed E-state index contributed by atoms with van der Waals surface area (Å²) in [6, 6.07) is 1.63. The largest absolute Gasteiger partial charge is 0.281 e. The van der Waals surface area contributed by atoms with Crippen LogP contribution in [0.2, 0.25) is 0 Å². The summed E-state index contributed by atoms with van der Waals surface area (Å²) in [5.74, 6) is -1.80. The van der Waals surface area contributed by atoms with Crippen molar-refractivity contribution >= 4 is 43.2 Å². The zero-order valence-electron chi connectivity index (χ0n) is 8.51. The number of halogens is 4. The second-order valence-corrected chi connectivity index (χ2v) is 6.28. The van der Waals surface area contributed by atoms with Gasteiger partial charge in [0, 0.05) is 11.9 Å². The number of hydrogen-bond donors (Lipinski definition) is 1. The van der Waals surface area contributed by atoms with Gasteiger partial charge in [-0.05, 0) is 28.4 Å². The fourth-order valence-corrected chi connectivity index (χ4v) is 2.82. The lowest BCUT2D eigenvalue weighted by Crippen LogP contribution is -2.18. The Hall–Kier alpha value is -0.400. The highest BCUT2D eigenvalue weighted by molar-refractivity contribution is 9.10. The van der Waals surface area contributed by atoms with Gasteiger partial charge in [-0.15, -0.1) is 11.6 Å². The molecule has 0 aliphatic carbocycles. The van der Waals surface area contributed by atoms with Crippen molar-refractivity contribution in [2.75, 3.05) is 16.4 Å². The molecule has 1 aromatic rings. The van der Waals surface area contributed by atoms with Crippen molar-refractivity contribution in [3.05, 3.63) is 28.2 Å². The topological polar surface area (TPSA) is 46.2 Å². The fourth-order valence-electron chi connectivity index (χ4n) is 1.06. The van der Waals surface area contributed by atoms with Crippen LogP contribution in [0.1, 0.15) is 6.42 Å². The Labute approximate surface area is 111 Å². The van der Waals surface area contributed by atoms with Crippen molar-refractivity contribution in [2.45, 2.75) is 6.42 Å². The van der Waals surface area contributed by atoms with Crippen LogP contribution < -0.4 is 4.72 Å². The molecule has 1 rings (SSSR count). The highest BCUT2D eigenvalue weighted by Gasteiger charge is 2.15. The Morgan fingerprint density at radius 3 is 2.53 bits per heavy atom. The van der Waals surface area contributed by atoms with E-state index in [2.05, 4.69) is 15.9 Å². The van der Waals surface area contributed by atoms with E-state index in [4.69, 9.17) is 11.6 Å². The molecular weight excluding hydrogens is 340 g/mol. The van der Waals surface area contributed by atoms with Crippen LogP contribution in [0.4, 0.5) is 14.5 Å². The van der Waals surface area contributed by atoms with Gasteiger partial charge in [0.1, 0.15) is 11.6 Å². The quantitative estimate of drug-likeness (QED) is 0.656. The second-order valence-electron chi connectivity index (χ2n) is 3.21. The molecule has 3 nitrogen and oxygen atoms in total. The third kappa shape index (κ3) is 4.40.